The normalized spacial score (nSPS) is 36.5. The zero-order valence-corrected chi connectivity index (χ0v) is 16.0. The van der Waals surface area contributed by atoms with Gasteiger partial charge in [-0.1, -0.05) is 6.92 Å². The molecule has 0 radical (unpaired) electrons. The van der Waals surface area contributed by atoms with E-state index in [1.54, 1.807) is 0 Å². The Labute approximate surface area is 157 Å². The van der Waals surface area contributed by atoms with Gasteiger partial charge in [0.1, 0.15) is 0 Å². The Morgan fingerprint density at radius 1 is 1.08 bits per heavy atom. The molecule has 0 aromatic carbocycles. The van der Waals surface area contributed by atoms with E-state index >= 15 is 0 Å². The van der Waals surface area contributed by atoms with Crippen LogP contribution in [-0.4, -0.2) is 53.4 Å². The summed E-state index contributed by atoms with van der Waals surface area (Å²) in [6.07, 6.45) is 10.1. The van der Waals surface area contributed by atoms with E-state index in [4.69, 9.17) is 4.98 Å². The maximum absolute atomic E-state index is 13.1. The molecule has 1 aliphatic heterocycles. The summed E-state index contributed by atoms with van der Waals surface area (Å²) in [7, 11) is 0. The maximum atomic E-state index is 13.1. The highest BCUT2D eigenvalue weighted by Gasteiger charge is 2.52. The third-order valence-electron chi connectivity index (χ3n) is 7.70. The zero-order chi connectivity index (χ0) is 17.7. The molecule has 26 heavy (non-hydrogen) atoms. The summed E-state index contributed by atoms with van der Waals surface area (Å²) >= 11 is 0. The van der Waals surface area contributed by atoms with E-state index in [0.29, 0.717) is 0 Å². The van der Waals surface area contributed by atoms with Crippen molar-refractivity contribution in [1.82, 2.24) is 14.8 Å². The predicted molar refractivity (Wildman–Crippen MR) is 102 cm³/mol. The topological polar surface area (TPSA) is 36.4 Å². The second kappa shape index (κ2) is 6.33. The summed E-state index contributed by atoms with van der Waals surface area (Å²) in [5.74, 6) is 2.92. The predicted octanol–water partition coefficient (Wildman–Crippen LogP) is 3.33. The average Bonchev–Trinajstić information content (AvgIpc) is 2.66. The smallest absolute Gasteiger partial charge is 0.254 e. The van der Waals surface area contributed by atoms with E-state index in [9.17, 15) is 4.79 Å². The van der Waals surface area contributed by atoms with E-state index in [1.165, 1.54) is 44.2 Å². The molecule has 4 bridgehead atoms. The molecule has 4 nitrogen and oxygen atoms in total. The van der Waals surface area contributed by atoms with Crippen molar-refractivity contribution >= 4 is 5.91 Å². The molecular weight excluding hydrogens is 322 g/mol. The Morgan fingerprint density at radius 2 is 1.69 bits per heavy atom. The molecule has 0 atom stereocenters. The van der Waals surface area contributed by atoms with Gasteiger partial charge in [0.05, 0.1) is 0 Å². The van der Waals surface area contributed by atoms with Crippen molar-refractivity contribution in [2.75, 3.05) is 32.7 Å². The minimum absolute atomic E-state index is 0.203. The first-order chi connectivity index (χ1) is 12.6. The summed E-state index contributed by atoms with van der Waals surface area (Å²) in [5.41, 5.74) is 2.34. The first kappa shape index (κ1) is 16.7. The van der Waals surface area contributed by atoms with Gasteiger partial charge in [-0.3, -0.25) is 9.78 Å². The van der Waals surface area contributed by atoms with Gasteiger partial charge in [-0.15, -0.1) is 0 Å². The van der Waals surface area contributed by atoms with E-state index in [2.05, 4.69) is 17.9 Å². The van der Waals surface area contributed by atoms with Crippen molar-refractivity contribution in [1.29, 1.82) is 0 Å². The highest BCUT2D eigenvalue weighted by molar-refractivity contribution is 5.94. The number of piperazine rings is 1. The van der Waals surface area contributed by atoms with Crippen LogP contribution in [0.15, 0.2) is 18.3 Å². The van der Waals surface area contributed by atoms with Crippen LogP contribution >= 0.6 is 0 Å². The fraction of sp³-hybridized carbons (Fsp3) is 0.727. The van der Waals surface area contributed by atoms with Crippen LogP contribution < -0.4 is 0 Å². The Morgan fingerprint density at radius 3 is 2.27 bits per heavy atom. The minimum Gasteiger partial charge on any atom is -0.336 e. The molecule has 0 unspecified atom stereocenters. The number of hydrogen-bond acceptors (Lipinski definition) is 3. The SMILES string of the molecule is CCN1CCN(C(=O)c2ccnc(C34CC5CC(CC(C5)C3)C4)c2)CC1. The van der Waals surface area contributed by atoms with E-state index in [1.807, 2.05) is 17.2 Å². The lowest BCUT2D eigenvalue weighted by molar-refractivity contribution is -0.00723. The van der Waals surface area contributed by atoms with Gasteiger partial charge in [0, 0.05) is 49.0 Å². The number of carbonyl (C=O) groups excluding carboxylic acids is 1. The molecule has 4 saturated carbocycles. The van der Waals surface area contributed by atoms with Crippen LogP contribution in [0, 0.1) is 17.8 Å². The zero-order valence-electron chi connectivity index (χ0n) is 16.0. The van der Waals surface area contributed by atoms with Crippen molar-refractivity contribution in [3.63, 3.8) is 0 Å². The van der Waals surface area contributed by atoms with Crippen LogP contribution in [-0.2, 0) is 5.41 Å². The Bertz CT molecular complexity index is 657. The molecule has 0 N–H and O–H groups in total. The van der Waals surface area contributed by atoms with E-state index < -0.39 is 0 Å². The van der Waals surface area contributed by atoms with Gasteiger partial charge >= 0.3 is 0 Å². The summed E-state index contributed by atoms with van der Waals surface area (Å²) in [4.78, 5) is 22.3. The second-order valence-corrected chi connectivity index (χ2v) is 9.35. The molecule has 4 aliphatic carbocycles. The van der Waals surface area contributed by atoms with Crippen molar-refractivity contribution in [3.05, 3.63) is 29.6 Å². The van der Waals surface area contributed by atoms with Crippen LogP contribution in [0.25, 0.3) is 0 Å². The lowest BCUT2D eigenvalue weighted by Crippen LogP contribution is -2.49. The Balaban J connectivity index is 1.37. The summed E-state index contributed by atoms with van der Waals surface area (Å²) in [6.45, 7) is 6.96. The van der Waals surface area contributed by atoms with Crippen LogP contribution in [0.5, 0.6) is 0 Å². The maximum Gasteiger partial charge on any atom is 0.254 e. The number of hydrogen-bond donors (Lipinski definition) is 0. The van der Waals surface area contributed by atoms with Gasteiger partial charge < -0.3 is 9.80 Å². The quantitative estimate of drug-likeness (QED) is 0.836. The number of pyridine rings is 1. The van der Waals surface area contributed by atoms with Crippen molar-refractivity contribution in [2.45, 2.75) is 50.9 Å². The highest BCUT2D eigenvalue weighted by atomic mass is 16.2. The largest absolute Gasteiger partial charge is 0.336 e. The number of nitrogens with zero attached hydrogens (tertiary/aromatic N) is 3. The third-order valence-corrected chi connectivity index (χ3v) is 7.70. The molecule has 0 spiro atoms. The molecule has 2 heterocycles. The fourth-order valence-electron chi connectivity index (χ4n) is 6.73. The van der Waals surface area contributed by atoms with Gasteiger partial charge in [-0.2, -0.15) is 0 Å². The van der Waals surface area contributed by atoms with Gasteiger partial charge in [-0.25, -0.2) is 0 Å². The van der Waals surface area contributed by atoms with Crippen LogP contribution in [0.2, 0.25) is 0 Å². The first-order valence-corrected chi connectivity index (χ1v) is 10.6. The number of amides is 1. The van der Waals surface area contributed by atoms with Crippen molar-refractivity contribution < 1.29 is 4.79 Å². The molecule has 6 rings (SSSR count). The standard InChI is InChI=1S/C22H31N3O/c1-2-24-5-7-25(8-6-24)21(26)19-3-4-23-20(12-19)22-13-16-9-17(14-22)11-18(10-16)15-22/h3-4,12,16-18H,2,5-11,13-15H2,1H3. The first-order valence-electron chi connectivity index (χ1n) is 10.6. The summed E-state index contributed by atoms with van der Waals surface area (Å²) < 4.78 is 0. The molecule has 1 amide bonds. The fourth-order valence-corrected chi connectivity index (χ4v) is 6.73. The van der Waals surface area contributed by atoms with Gasteiger partial charge in [0.2, 0.25) is 0 Å². The molecule has 140 valence electrons. The molecular formula is C22H31N3O. The van der Waals surface area contributed by atoms with Crippen molar-refractivity contribution in [3.8, 4) is 0 Å². The van der Waals surface area contributed by atoms with Crippen LogP contribution in [0.4, 0.5) is 0 Å². The number of rotatable bonds is 3. The molecule has 5 aliphatic rings. The molecule has 4 heteroatoms. The molecule has 1 saturated heterocycles. The molecule has 1 aromatic rings. The number of likely N-dealkylation sites (N-methyl/N-ethyl adjacent to an activating group) is 1. The van der Waals surface area contributed by atoms with E-state index in [-0.39, 0.29) is 11.3 Å². The Hall–Kier alpha value is -1.42. The van der Waals surface area contributed by atoms with E-state index in [0.717, 1.165) is 56.0 Å². The molecule has 1 aromatic heterocycles. The van der Waals surface area contributed by atoms with Gasteiger partial charge in [-0.05, 0) is 75.0 Å². The average molecular weight is 354 g/mol. The highest BCUT2D eigenvalue weighted by Crippen LogP contribution is 2.60. The summed E-state index contributed by atoms with van der Waals surface area (Å²) in [5, 5.41) is 0. The lowest BCUT2D eigenvalue weighted by atomic mass is 9.48. The number of carbonyl (C=O) groups is 1. The summed E-state index contributed by atoms with van der Waals surface area (Å²) in [6, 6.07) is 4.08. The van der Waals surface area contributed by atoms with Crippen LogP contribution in [0.1, 0.15) is 61.5 Å². The van der Waals surface area contributed by atoms with Gasteiger partial charge in [0.15, 0.2) is 0 Å². The number of aromatic nitrogens is 1. The molecule has 5 fully saturated rings. The lowest BCUT2D eigenvalue weighted by Gasteiger charge is -2.56. The minimum atomic E-state index is 0.203. The monoisotopic (exact) mass is 353 g/mol. The van der Waals surface area contributed by atoms with Gasteiger partial charge in [0.25, 0.3) is 5.91 Å². The third kappa shape index (κ3) is 2.77. The van der Waals surface area contributed by atoms with Crippen LogP contribution in [0.3, 0.4) is 0 Å². The Kier molecular flexibility index (Phi) is 4.07. The second-order valence-electron chi connectivity index (χ2n) is 9.35. The van der Waals surface area contributed by atoms with Crippen molar-refractivity contribution in [2.24, 2.45) is 17.8 Å².